The van der Waals surface area contributed by atoms with Gasteiger partial charge in [0.15, 0.2) is 0 Å². The summed E-state index contributed by atoms with van der Waals surface area (Å²) in [7, 11) is 1.89. The second-order valence-electron chi connectivity index (χ2n) is 5.95. The second kappa shape index (κ2) is 8.77. The van der Waals surface area contributed by atoms with E-state index in [0.717, 1.165) is 19.7 Å². The van der Waals surface area contributed by atoms with E-state index in [1.807, 2.05) is 41.6 Å². The summed E-state index contributed by atoms with van der Waals surface area (Å²) in [6.07, 6.45) is 0. The first kappa shape index (κ1) is 19.0. The van der Waals surface area contributed by atoms with Gasteiger partial charge in [0.05, 0.1) is 16.9 Å². The Bertz CT molecular complexity index is 849. The maximum Gasteiger partial charge on any atom is 0.234 e. The predicted octanol–water partition coefficient (Wildman–Crippen LogP) is 4.94. The van der Waals surface area contributed by atoms with Crippen molar-refractivity contribution in [2.75, 3.05) is 13.6 Å². The van der Waals surface area contributed by atoms with Crippen LogP contribution in [0.5, 0.6) is 0 Å². The number of nitrogens with one attached hydrogen (secondary N) is 1. The maximum absolute atomic E-state index is 13.2. The van der Waals surface area contributed by atoms with Crippen molar-refractivity contribution in [3.63, 3.8) is 0 Å². The van der Waals surface area contributed by atoms with Crippen LogP contribution in [0.2, 0.25) is 4.34 Å². The number of rotatable bonds is 7. The largest absolute Gasteiger partial charge is 0.343 e. The average molecular weight is 409 g/mol. The summed E-state index contributed by atoms with van der Waals surface area (Å²) in [5.41, 5.74) is 0.856. The molecule has 0 radical (unpaired) electrons. The van der Waals surface area contributed by atoms with Gasteiger partial charge in [-0.05, 0) is 48.3 Å². The van der Waals surface area contributed by atoms with Gasteiger partial charge in [0.25, 0.3) is 0 Å². The van der Waals surface area contributed by atoms with Crippen molar-refractivity contribution in [3.05, 3.63) is 79.4 Å². The van der Waals surface area contributed by atoms with Crippen LogP contribution in [0, 0.1) is 5.82 Å². The van der Waals surface area contributed by atoms with Gasteiger partial charge in [0.2, 0.25) is 5.91 Å². The third-order valence-corrected chi connectivity index (χ3v) is 5.96. The monoisotopic (exact) mass is 408 g/mol. The lowest BCUT2D eigenvalue weighted by molar-refractivity contribution is -0.122. The molecule has 0 aliphatic carbocycles. The predicted molar refractivity (Wildman–Crippen MR) is 106 cm³/mol. The molecule has 26 heavy (non-hydrogen) atoms. The number of hydrogen-bond donors (Lipinski definition) is 1. The van der Waals surface area contributed by atoms with E-state index in [9.17, 15) is 9.18 Å². The Kier molecular flexibility index (Phi) is 6.43. The van der Waals surface area contributed by atoms with Crippen molar-refractivity contribution in [2.24, 2.45) is 0 Å². The van der Waals surface area contributed by atoms with Crippen molar-refractivity contribution in [1.29, 1.82) is 0 Å². The fourth-order valence-corrected chi connectivity index (χ4v) is 4.61. The van der Waals surface area contributed by atoms with E-state index in [0.29, 0.717) is 6.54 Å². The Morgan fingerprint density at radius 1 is 1.23 bits per heavy atom. The lowest BCUT2D eigenvalue weighted by Crippen LogP contribution is -2.37. The van der Waals surface area contributed by atoms with E-state index in [-0.39, 0.29) is 24.3 Å². The molecular formula is C19H18ClFN2OS2. The summed E-state index contributed by atoms with van der Waals surface area (Å²) in [6.45, 7) is 0.920. The van der Waals surface area contributed by atoms with Crippen molar-refractivity contribution >= 4 is 40.2 Å². The molecule has 0 fully saturated rings. The maximum atomic E-state index is 13.2. The molecule has 1 N–H and O–H groups in total. The minimum Gasteiger partial charge on any atom is -0.343 e. The molecule has 2 aromatic heterocycles. The molecule has 0 saturated heterocycles. The van der Waals surface area contributed by atoms with Gasteiger partial charge in [-0.3, -0.25) is 9.69 Å². The molecule has 1 aromatic carbocycles. The highest BCUT2D eigenvalue weighted by Gasteiger charge is 2.19. The summed E-state index contributed by atoms with van der Waals surface area (Å²) in [6, 6.07) is 13.7. The number of halogens is 2. The smallest absolute Gasteiger partial charge is 0.234 e. The van der Waals surface area contributed by atoms with Crippen LogP contribution in [0.4, 0.5) is 4.39 Å². The topological polar surface area (TPSA) is 32.3 Å². The molecular weight excluding hydrogens is 391 g/mol. The Hall–Kier alpha value is -1.73. The van der Waals surface area contributed by atoms with E-state index in [1.165, 1.54) is 23.5 Å². The fraction of sp³-hybridized carbons (Fsp3) is 0.211. The molecule has 3 nitrogen and oxygen atoms in total. The Labute approximate surface area is 165 Å². The summed E-state index contributed by atoms with van der Waals surface area (Å²) >= 11 is 9.02. The van der Waals surface area contributed by atoms with E-state index in [2.05, 4.69) is 5.32 Å². The molecule has 0 aliphatic heterocycles. The van der Waals surface area contributed by atoms with Crippen molar-refractivity contribution in [1.82, 2.24) is 10.2 Å². The van der Waals surface area contributed by atoms with E-state index in [1.54, 1.807) is 23.5 Å². The molecule has 1 amide bonds. The Balaban J connectivity index is 1.66. The molecule has 3 rings (SSSR count). The third-order valence-electron chi connectivity index (χ3n) is 3.80. The molecule has 3 aromatic rings. The van der Waals surface area contributed by atoms with E-state index >= 15 is 0 Å². The minimum atomic E-state index is -0.292. The van der Waals surface area contributed by atoms with Crippen LogP contribution in [0.3, 0.4) is 0 Å². The summed E-state index contributed by atoms with van der Waals surface area (Å²) in [5, 5.41) is 5.02. The van der Waals surface area contributed by atoms with Crippen molar-refractivity contribution < 1.29 is 9.18 Å². The number of carbonyl (C=O) groups is 1. The number of thiophene rings is 2. The summed E-state index contributed by atoms with van der Waals surface area (Å²) < 4.78 is 14.0. The molecule has 0 bridgehead atoms. The number of nitrogens with zero attached hydrogens (tertiary/aromatic N) is 1. The first-order chi connectivity index (χ1) is 12.5. The SMILES string of the molecule is CN(CC(=O)NC(c1ccc(F)cc1)c1cccs1)Cc1ccc(Cl)s1. The van der Waals surface area contributed by atoms with Gasteiger partial charge in [0.1, 0.15) is 5.82 Å². The van der Waals surface area contributed by atoms with Gasteiger partial charge in [0, 0.05) is 16.3 Å². The third kappa shape index (κ3) is 5.14. The van der Waals surface area contributed by atoms with Crippen LogP contribution in [0.15, 0.2) is 53.9 Å². The van der Waals surface area contributed by atoms with Crippen LogP contribution >= 0.6 is 34.3 Å². The van der Waals surface area contributed by atoms with Gasteiger partial charge in [-0.1, -0.05) is 29.8 Å². The summed E-state index contributed by atoms with van der Waals surface area (Å²) in [4.78, 5) is 16.6. The Morgan fingerprint density at radius 2 is 2.00 bits per heavy atom. The van der Waals surface area contributed by atoms with Gasteiger partial charge in [-0.2, -0.15) is 0 Å². The standard InChI is InChI=1S/C19H18ClFN2OS2/c1-23(11-15-8-9-17(20)26-15)12-18(24)22-19(16-3-2-10-25-16)13-4-6-14(21)7-5-13/h2-10,19H,11-12H2,1H3,(H,22,24). The molecule has 0 saturated carbocycles. The lowest BCUT2D eigenvalue weighted by atomic mass is 10.1. The number of likely N-dealkylation sites (N-methyl/N-ethyl adjacent to an activating group) is 1. The van der Waals surface area contributed by atoms with Crippen LogP contribution in [-0.4, -0.2) is 24.4 Å². The quantitative estimate of drug-likeness (QED) is 0.600. The molecule has 2 heterocycles. The van der Waals surface area contributed by atoms with Gasteiger partial charge >= 0.3 is 0 Å². The van der Waals surface area contributed by atoms with Crippen LogP contribution in [0.25, 0.3) is 0 Å². The van der Waals surface area contributed by atoms with Crippen molar-refractivity contribution in [3.8, 4) is 0 Å². The Morgan fingerprint density at radius 3 is 2.62 bits per heavy atom. The minimum absolute atomic E-state index is 0.0853. The number of hydrogen-bond acceptors (Lipinski definition) is 4. The summed E-state index contributed by atoms with van der Waals surface area (Å²) in [5.74, 6) is -0.378. The highest BCUT2D eigenvalue weighted by molar-refractivity contribution is 7.16. The number of benzene rings is 1. The molecule has 1 atom stereocenters. The van der Waals surface area contributed by atoms with Gasteiger partial charge < -0.3 is 5.32 Å². The zero-order valence-corrected chi connectivity index (χ0v) is 16.5. The molecule has 0 aliphatic rings. The highest BCUT2D eigenvalue weighted by atomic mass is 35.5. The normalized spacial score (nSPS) is 12.3. The highest BCUT2D eigenvalue weighted by Crippen LogP contribution is 2.26. The molecule has 136 valence electrons. The second-order valence-corrected chi connectivity index (χ2v) is 8.72. The van der Waals surface area contributed by atoms with Gasteiger partial charge in [-0.15, -0.1) is 22.7 Å². The lowest BCUT2D eigenvalue weighted by Gasteiger charge is -2.21. The van der Waals surface area contributed by atoms with Gasteiger partial charge in [-0.25, -0.2) is 4.39 Å². The zero-order valence-electron chi connectivity index (χ0n) is 14.1. The number of carbonyl (C=O) groups excluding carboxylic acids is 1. The molecule has 1 unspecified atom stereocenters. The first-order valence-electron chi connectivity index (χ1n) is 8.02. The number of amides is 1. The van der Waals surface area contributed by atoms with Crippen LogP contribution < -0.4 is 5.32 Å². The van der Waals surface area contributed by atoms with E-state index in [4.69, 9.17) is 11.6 Å². The molecule has 7 heteroatoms. The average Bonchev–Trinajstić information content (AvgIpc) is 3.25. The van der Waals surface area contributed by atoms with Crippen LogP contribution in [0.1, 0.15) is 21.4 Å². The molecule has 0 spiro atoms. The fourth-order valence-electron chi connectivity index (χ4n) is 2.64. The van der Waals surface area contributed by atoms with Crippen LogP contribution in [-0.2, 0) is 11.3 Å². The van der Waals surface area contributed by atoms with E-state index < -0.39 is 0 Å². The zero-order chi connectivity index (χ0) is 18.5. The van der Waals surface area contributed by atoms with Crippen molar-refractivity contribution in [2.45, 2.75) is 12.6 Å². The first-order valence-corrected chi connectivity index (χ1v) is 10.1.